The molecular formula is C46H92N2O3. The molecule has 0 fully saturated rings. The summed E-state index contributed by atoms with van der Waals surface area (Å²) in [5.41, 5.74) is 0. The molecule has 0 bridgehead atoms. The van der Waals surface area contributed by atoms with Crippen LogP contribution in [0, 0.1) is 5.92 Å². The molecule has 0 saturated heterocycles. The van der Waals surface area contributed by atoms with Crippen molar-refractivity contribution in [3.8, 4) is 0 Å². The summed E-state index contributed by atoms with van der Waals surface area (Å²) in [5.74, 6) is 1.04. The average molecular weight is 721 g/mol. The van der Waals surface area contributed by atoms with E-state index in [2.05, 4.69) is 51.6 Å². The first-order valence-corrected chi connectivity index (χ1v) is 23.0. The maximum atomic E-state index is 13.8. The number of hydrogen-bond acceptors (Lipinski definition) is 4. The van der Waals surface area contributed by atoms with Crippen molar-refractivity contribution in [3.63, 3.8) is 0 Å². The highest BCUT2D eigenvalue weighted by Gasteiger charge is 2.23. The maximum absolute atomic E-state index is 13.8. The van der Waals surface area contributed by atoms with Crippen LogP contribution >= 0.6 is 0 Å². The quantitative estimate of drug-likeness (QED) is 0.0467. The van der Waals surface area contributed by atoms with Gasteiger partial charge in [0.2, 0.25) is 5.91 Å². The van der Waals surface area contributed by atoms with E-state index in [4.69, 9.17) is 4.74 Å². The van der Waals surface area contributed by atoms with Crippen molar-refractivity contribution < 1.29 is 14.3 Å². The summed E-state index contributed by atoms with van der Waals surface area (Å²) in [4.78, 5) is 30.9. The van der Waals surface area contributed by atoms with E-state index in [1.165, 1.54) is 148 Å². The van der Waals surface area contributed by atoms with Crippen LogP contribution in [0.4, 0.5) is 0 Å². The molecule has 1 unspecified atom stereocenters. The van der Waals surface area contributed by atoms with Gasteiger partial charge in [-0.2, -0.15) is 0 Å². The molecule has 0 aliphatic carbocycles. The Bertz CT molecular complexity index is 730. The first-order chi connectivity index (χ1) is 24.9. The lowest BCUT2D eigenvalue weighted by atomic mass is 9.92. The standard InChI is InChI=1S/C46H92N2O3/c1-7-11-15-19-20-21-23-29-36-44(35-28-22-16-12-8-2)48(41-32-40-47(5)6)45(49)37-30-24-25-31-38-46(50)51-42-39-43(33-26-17-13-9-3)34-27-18-14-10-4/h43-44H,7-42H2,1-6H3. The Morgan fingerprint density at radius 3 is 1.35 bits per heavy atom. The molecule has 0 radical (unpaired) electrons. The molecule has 0 aromatic heterocycles. The number of hydrogen-bond donors (Lipinski definition) is 0. The van der Waals surface area contributed by atoms with Crippen LogP contribution in [0.1, 0.15) is 240 Å². The monoisotopic (exact) mass is 721 g/mol. The summed E-state index contributed by atoms with van der Waals surface area (Å²) >= 11 is 0. The number of rotatable bonds is 40. The second-order valence-electron chi connectivity index (χ2n) is 16.4. The minimum Gasteiger partial charge on any atom is -0.466 e. The highest BCUT2D eigenvalue weighted by atomic mass is 16.5. The summed E-state index contributed by atoms with van der Waals surface area (Å²) in [6.07, 6.45) is 39.6. The molecule has 1 atom stereocenters. The normalized spacial score (nSPS) is 12.2. The molecule has 51 heavy (non-hydrogen) atoms. The fourth-order valence-corrected chi connectivity index (χ4v) is 7.63. The van der Waals surface area contributed by atoms with E-state index in [0.717, 1.165) is 64.5 Å². The van der Waals surface area contributed by atoms with Crippen molar-refractivity contribution in [2.24, 2.45) is 5.92 Å². The van der Waals surface area contributed by atoms with Crippen LogP contribution < -0.4 is 0 Å². The van der Waals surface area contributed by atoms with Gasteiger partial charge in [-0.3, -0.25) is 9.59 Å². The summed E-state index contributed by atoms with van der Waals surface area (Å²) in [7, 11) is 4.27. The fraction of sp³-hybridized carbons (Fsp3) is 0.957. The highest BCUT2D eigenvalue weighted by Crippen LogP contribution is 2.23. The van der Waals surface area contributed by atoms with Crippen LogP contribution in [-0.2, 0) is 14.3 Å². The molecule has 0 aliphatic heterocycles. The Balaban J connectivity index is 4.75. The van der Waals surface area contributed by atoms with Gasteiger partial charge in [0.25, 0.3) is 0 Å². The van der Waals surface area contributed by atoms with Crippen LogP contribution in [0.5, 0.6) is 0 Å². The van der Waals surface area contributed by atoms with Gasteiger partial charge < -0.3 is 14.5 Å². The van der Waals surface area contributed by atoms with Crippen LogP contribution in [-0.4, -0.2) is 61.5 Å². The van der Waals surface area contributed by atoms with E-state index in [9.17, 15) is 9.59 Å². The predicted molar refractivity (Wildman–Crippen MR) is 224 cm³/mol. The summed E-state index contributed by atoms with van der Waals surface area (Å²) < 4.78 is 5.70. The van der Waals surface area contributed by atoms with Crippen LogP contribution in [0.15, 0.2) is 0 Å². The molecular weight excluding hydrogens is 629 g/mol. The van der Waals surface area contributed by atoms with E-state index in [-0.39, 0.29) is 5.97 Å². The minimum absolute atomic E-state index is 0.0309. The zero-order valence-electron chi connectivity index (χ0n) is 35.7. The van der Waals surface area contributed by atoms with Crippen molar-refractivity contribution in [2.45, 2.75) is 246 Å². The number of ether oxygens (including phenoxy) is 1. The first kappa shape index (κ1) is 49.9. The molecule has 0 N–H and O–H groups in total. The molecule has 0 aliphatic rings. The van der Waals surface area contributed by atoms with Gasteiger partial charge in [0.05, 0.1) is 6.61 Å². The molecule has 1 amide bonds. The summed E-state index contributed by atoms with van der Waals surface area (Å²) in [6.45, 7) is 11.6. The van der Waals surface area contributed by atoms with Gasteiger partial charge in [-0.1, -0.05) is 188 Å². The van der Waals surface area contributed by atoms with Crippen molar-refractivity contribution in [2.75, 3.05) is 33.8 Å². The lowest BCUT2D eigenvalue weighted by Crippen LogP contribution is -2.41. The van der Waals surface area contributed by atoms with Crippen molar-refractivity contribution >= 4 is 11.9 Å². The Morgan fingerprint density at radius 1 is 0.451 bits per heavy atom. The summed E-state index contributed by atoms with van der Waals surface area (Å²) in [6, 6.07) is 0.392. The van der Waals surface area contributed by atoms with Gasteiger partial charge in [-0.25, -0.2) is 0 Å². The largest absolute Gasteiger partial charge is 0.466 e. The van der Waals surface area contributed by atoms with Crippen LogP contribution in [0.2, 0.25) is 0 Å². The SMILES string of the molecule is CCCCCCCCCCC(CCCCCCC)N(CCCN(C)C)C(=O)CCCCCCC(=O)OCCC(CCCCCC)CCCCCC. The number of esters is 1. The van der Waals surface area contributed by atoms with Crippen LogP contribution in [0.25, 0.3) is 0 Å². The summed E-state index contributed by atoms with van der Waals surface area (Å²) in [5, 5.41) is 0. The Morgan fingerprint density at radius 2 is 0.863 bits per heavy atom. The average Bonchev–Trinajstić information content (AvgIpc) is 3.11. The van der Waals surface area contributed by atoms with Gasteiger partial charge in [0.15, 0.2) is 0 Å². The Hall–Kier alpha value is -1.10. The highest BCUT2D eigenvalue weighted by molar-refractivity contribution is 5.76. The topological polar surface area (TPSA) is 49.9 Å². The second kappa shape index (κ2) is 38.6. The van der Waals surface area contributed by atoms with E-state index in [0.29, 0.717) is 37.3 Å². The molecule has 0 saturated carbocycles. The number of carbonyl (C=O) groups is 2. The third kappa shape index (κ3) is 33.2. The van der Waals surface area contributed by atoms with E-state index in [1.807, 2.05) is 0 Å². The lowest BCUT2D eigenvalue weighted by molar-refractivity contribution is -0.144. The molecule has 0 rings (SSSR count). The molecule has 0 aromatic rings. The van der Waals surface area contributed by atoms with Gasteiger partial charge >= 0.3 is 5.97 Å². The Labute approximate surface area is 320 Å². The zero-order valence-corrected chi connectivity index (χ0v) is 35.7. The Kier molecular flexibility index (Phi) is 37.8. The predicted octanol–water partition coefficient (Wildman–Crippen LogP) is 13.9. The van der Waals surface area contributed by atoms with Crippen molar-refractivity contribution in [1.82, 2.24) is 9.80 Å². The minimum atomic E-state index is -0.0309. The van der Waals surface area contributed by atoms with E-state index in [1.54, 1.807) is 0 Å². The number of amides is 1. The van der Waals surface area contributed by atoms with Crippen molar-refractivity contribution in [1.29, 1.82) is 0 Å². The molecule has 0 spiro atoms. The molecule has 0 aromatic carbocycles. The second-order valence-corrected chi connectivity index (χ2v) is 16.4. The van der Waals surface area contributed by atoms with E-state index >= 15 is 0 Å². The fourth-order valence-electron chi connectivity index (χ4n) is 7.63. The smallest absolute Gasteiger partial charge is 0.305 e. The number of unbranched alkanes of at least 4 members (excludes halogenated alkanes) is 20. The van der Waals surface area contributed by atoms with Gasteiger partial charge in [0.1, 0.15) is 0 Å². The van der Waals surface area contributed by atoms with Gasteiger partial charge in [0, 0.05) is 25.4 Å². The molecule has 5 nitrogen and oxygen atoms in total. The first-order valence-electron chi connectivity index (χ1n) is 23.0. The van der Waals surface area contributed by atoms with Crippen molar-refractivity contribution in [3.05, 3.63) is 0 Å². The third-order valence-electron chi connectivity index (χ3n) is 11.0. The lowest BCUT2D eigenvalue weighted by Gasteiger charge is -2.33. The van der Waals surface area contributed by atoms with Gasteiger partial charge in [-0.15, -0.1) is 0 Å². The van der Waals surface area contributed by atoms with Crippen LogP contribution in [0.3, 0.4) is 0 Å². The molecule has 304 valence electrons. The zero-order chi connectivity index (χ0) is 37.6. The molecule has 0 heterocycles. The maximum Gasteiger partial charge on any atom is 0.305 e. The van der Waals surface area contributed by atoms with Gasteiger partial charge in [-0.05, 0) is 65.1 Å². The third-order valence-corrected chi connectivity index (χ3v) is 11.0. The number of nitrogens with zero attached hydrogens (tertiary/aromatic N) is 2. The molecule has 5 heteroatoms. The van der Waals surface area contributed by atoms with E-state index < -0.39 is 0 Å². The number of carbonyl (C=O) groups excluding carboxylic acids is 2.